The van der Waals surface area contributed by atoms with Crippen LogP contribution in [0.15, 0.2) is 11.9 Å². The van der Waals surface area contributed by atoms with Crippen molar-refractivity contribution >= 4 is 5.91 Å². The third kappa shape index (κ3) is 1.68. The van der Waals surface area contributed by atoms with E-state index in [1.807, 2.05) is 6.92 Å². The van der Waals surface area contributed by atoms with E-state index in [0.717, 1.165) is 6.42 Å². The van der Waals surface area contributed by atoms with E-state index >= 15 is 0 Å². The Balaban J connectivity index is 2.71. The Morgan fingerprint density at radius 1 is 1.83 bits per heavy atom. The Labute approximate surface area is 70.8 Å². The van der Waals surface area contributed by atoms with Crippen LogP contribution in [0.4, 0.5) is 0 Å². The molecule has 1 atom stereocenters. The molecule has 1 rings (SSSR count). The van der Waals surface area contributed by atoms with Gasteiger partial charge in [0.2, 0.25) is 6.35 Å². The summed E-state index contributed by atoms with van der Waals surface area (Å²) in [6.07, 6.45) is 1.14. The summed E-state index contributed by atoms with van der Waals surface area (Å²) >= 11 is 0. The van der Waals surface area contributed by atoms with Crippen LogP contribution in [0, 0.1) is 0 Å². The number of aliphatic hydroxyl groups excluding tert-OH is 1. The van der Waals surface area contributed by atoms with Crippen LogP contribution in [-0.2, 0) is 4.79 Å². The number of aliphatic hydroxyl groups is 1. The molecule has 5 heteroatoms. The van der Waals surface area contributed by atoms with E-state index in [2.05, 4.69) is 5.32 Å². The molecule has 1 heterocycles. The summed E-state index contributed by atoms with van der Waals surface area (Å²) in [6.45, 7) is 2.60. The first-order valence-corrected chi connectivity index (χ1v) is 3.87. The lowest BCUT2D eigenvalue weighted by Crippen LogP contribution is -2.52. The molecule has 0 aliphatic carbocycles. The van der Waals surface area contributed by atoms with Gasteiger partial charge in [-0.2, -0.15) is 0 Å². The van der Waals surface area contributed by atoms with Crippen molar-refractivity contribution in [1.82, 2.24) is 10.2 Å². The maximum absolute atomic E-state index is 10.8. The van der Waals surface area contributed by atoms with Gasteiger partial charge in [0.15, 0.2) is 0 Å². The standard InChI is InChI=1S/C7H13N3O2/c1-2-3-10-5(8)4-6(11)9-7(10)12/h4,7,12H,2-3,8H2,1H3,(H,9,11). The topological polar surface area (TPSA) is 78.6 Å². The molecule has 68 valence electrons. The van der Waals surface area contributed by atoms with Crippen LogP contribution in [0.2, 0.25) is 0 Å². The van der Waals surface area contributed by atoms with E-state index in [4.69, 9.17) is 5.73 Å². The summed E-state index contributed by atoms with van der Waals surface area (Å²) in [5.41, 5.74) is 5.51. The van der Waals surface area contributed by atoms with Gasteiger partial charge in [0.05, 0.1) is 0 Å². The van der Waals surface area contributed by atoms with Gasteiger partial charge in [-0.3, -0.25) is 4.79 Å². The fourth-order valence-electron chi connectivity index (χ4n) is 1.10. The molecule has 0 aromatic rings. The van der Waals surface area contributed by atoms with Gasteiger partial charge < -0.3 is 21.1 Å². The number of nitrogens with zero attached hydrogens (tertiary/aromatic N) is 1. The van der Waals surface area contributed by atoms with Crippen LogP contribution in [0.25, 0.3) is 0 Å². The van der Waals surface area contributed by atoms with Crippen LogP contribution < -0.4 is 11.1 Å². The smallest absolute Gasteiger partial charge is 0.251 e. The molecule has 0 saturated heterocycles. The molecule has 0 aromatic carbocycles. The molecule has 0 bridgehead atoms. The van der Waals surface area contributed by atoms with E-state index in [1.165, 1.54) is 11.0 Å². The number of hydrogen-bond donors (Lipinski definition) is 3. The summed E-state index contributed by atoms with van der Waals surface area (Å²) < 4.78 is 0. The van der Waals surface area contributed by atoms with Crippen molar-refractivity contribution in [2.75, 3.05) is 6.54 Å². The Morgan fingerprint density at radius 3 is 3.00 bits per heavy atom. The maximum atomic E-state index is 10.8. The predicted molar refractivity (Wildman–Crippen MR) is 43.4 cm³/mol. The van der Waals surface area contributed by atoms with Crippen molar-refractivity contribution in [3.63, 3.8) is 0 Å². The van der Waals surface area contributed by atoms with Gasteiger partial charge in [0, 0.05) is 12.6 Å². The molecule has 1 aliphatic rings. The Bertz CT molecular complexity index is 215. The lowest BCUT2D eigenvalue weighted by Gasteiger charge is -2.32. The molecule has 0 aromatic heterocycles. The number of carbonyl (C=O) groups excluding carboxylic acids is 1. The van der Waals surface area contributed by atoms with Crippen LogP contribution in [0.3, 0.4) is 0 Å². The van der Waals surface area contributed by atoms with Crippen molar-refractivity contribution in [3.8, 4) is 0 Å². The van der Waals surface area contributed by atoms with E-state index in [0.29, 0.717) is 12.4 Å². The quantitative estimate of drug-likeness (QED) is 0.493. The summed E-state index contributed by atoms with van der Waals surface area (Å²) in [4.78, 5) is 12.3. The fourth-order valence-corrected chi connectivity index (χ4v) is 1.10. The minimum atomic E-state index is -0.984. The SMILES string of the molecule is CCCN1C(N)=CC(=O)NC1O. The molecular formula is C7H13N3O2. The molecule has 0 spiro atoms. The molecule has 0 radical (unpaired) electrons. The lowest BCUT2D eigenvalue weighted by atomic mass is 10.3. The van der Waals surface area contributed by atoms with Crippen molar-refractivity contribution in [3.05, 3.63) is 11.9 Å². The normalized spacial score (nSPS) is 23.5. The third-order valence-electron chi connectivity index (χ3n) is 1.64. The highest BCUT2D eigenvalue weighted by Gasteiger charge is 2.22. The minimum Gasteiger partial charge on any atom is -0.385 e. The molecule has 1 unspecified atom stereocenters. The van der Waals surface area contributed by atoms with Gasteiger partial charge in [0.25, 0.3) is 5.91 Å². The first kappa shape index (κ1) is 8.86. The Hall–Kier alpha value is -1.23. The second-order valence-electron chi connectivity index (χ2n) is 2.64. The average Bonchev–Trinajstić information content (AvgIpc) is 1.96. The molecular weight excluding hydrogens is 158 g/mol. The van der Waals surface area contributed by atoms with E-state index < -0.39 is 6.35 Å². The highest BCUT2D eigenvalue weighted by atomic mass is 16.3. The van der Waals surface area contributed by atoms with Gasteiger partial charge in [-0.25, -0.2) is 0 Å². The monoisotopic (exact) mass is 171 g/mol. The Morgan fingerprint density at radius 2 is 2.50 bits per heavy atom. The zero-order chi connectivity index (χ0) is 9.14. The molecule has 4 N–H and O–H groups in total. The lowest BCUT2D eigenvalue weighted by molar-refractivity contribution is -0.125. The zero-order valence-corrected chi connectivity index (χ0v) is 6.95. The second kappa shape index (κ2) is 3.44. The second-order valence-corrected chi connectivity index (χ2v) is 2.64. The van der Waals surface area contributed by atoms with Crippen molar-refractivity contribution in [1.29, 1.82) is 0 Å². The van der Waals surface area contributed by atoms with Crippen LogP contribution in [0.1, 0.15) is 13.3 Å². The number of rotatable bonds is 2. The number of carbonyl (C=O) groups is 1. The van der Waals surface area contributed by atoms with Gasteiger partial charge in [-0.1, -0.05) is 6.92 Å². The fraction of sp³-hybridized carbons (Fsp3) is 0.571. The van der Waals surface area contributed by atoms with Crippen molar-refractivity contribution < 1.29 is 9.90 Å². The molecule has 0 fully saturated rings. The highest BCUT2D eigenvalue weighted by Crippen LogP contribution is 2.06. The number of nitrogens with one attached hydrogen (secondary N) is 1. The molecule has 1 aliphatic heterocycles. The highest BCUT2D eigenvalue weighted by molar-refractivity contribution is 5.88. The van der Waals surface area contributed by atoms with Gasteiger partial charge in [-0.15, -0.1) is 0 Å². The van der Waals surface area contributed by atoms with Crippen LogP contribution in [-0.4, -0.2) is 28.8 Å². The van der Waals surface area contributed by atoms with Gasteiger partial charge in [0.1, 0.15) is 5.82 Å². The first-order chi connectivity index (χ1) is 5.65. The maximum Gasteiger partial charge on any atom is 0.251 e. The summed E-state index contributed by atoms with van der Waals surface area (Å²) in [5.74, 6) is -0.0412. The Kier molecular flexibility index (Phi) is 2.54. The largest absolute Gasteiger partial charge is 0.385 e. The number of hydrogen-bond acceptors (Lipinski definition) is 4. The van der Waals surface area contributed by atoms with Crippen molar-refractivity contribution in [2.45, 2.75) is 19.7 Å². The van der Waals surface area contributed by atoms with E-state index in [1.54, 1.807) is 0 Å². The van der Waals surface area contributed by atoms with Gasteiger partial charge >= 0.3 is 0 Å². The van der Waals surface area contributed by atoms with E-state index in [-0.39, 0.29) is 5.91 Å². The minimum absolute atomic E-state index is 0.313. The average molecular weight is 171 g/mol. The molecule has 0 saturated carbocycles. The van der Waals surface area contributed by atoms with Crippen molar-refractivity contribution in [2.24, 2.45) is 5.73 Å². The van der Waals surface area contributed by atoms with Gasteiger partial charge in [-0.05, 0) is 6.42 Å². The molecule has 12 heavy (non-hydrogen) atoms. The number of nitrogens with two attached hydrogens (primary N) is 1. The number of amides is 1. The predicted octanol–water partition coefficient (Wildman–Crippen LogP) is -1.10. The van der Waals surface area contributed by atoms with E-state index in [9.17, 15) is 9.90 Å². The summed E-state index contributed by atoms with van der Waals surface area (Å²) in [5, 5.41) is 11.6. The van der Waals surface area contributed by atoms with Crippen LogP contribution >= 0.6 is 0 Å². The summed E-state index contributed by atoms with van der Waals surface area (Å²) in [7, 11) is 0. The molecule has 1 amide bonds. The third-order valence-corrected chi connectivity index (χ3v) is 1.64. The summed E-state index contributed by atoms with van der Waals surface area (Å²) in [6, 6.07) is 0. The molecule has 5 nitrogen and oxygen atoms in total. The first-order valence-electron chi connectivity index (χ1n) is 3.87. The zero-order valence-electron chi connectivity index (χ0n) is 6.95. The van der Waals surface area contributed by atoms with Crippen LogP contribution in [0.5, 0.6) is 0 Å².